The topological polar surface area (TPSA) is 111 Å². The number of furan rings is 2. The Balaban J connectivity index is 1.21. The van der Waals surface area contributed by atoms with Crippen molar-refractivity contribution in [2.24, 2.45) is 5.92 Å². The van der Waals surface area contributed by atoms with Crippen molar-refractivity contribution in [2.75, 3.05) is 25.6 Å². The number of hydrogen-bond acceptors (Lipinski definition) is 7. The van der Waals surface area contributed by atoms with Gasteiger partial charge in [-0.3, -0.25) is 14.4 Å². The van der Waals surface area contributed by atoms with Gasteiger partial charge >= 0.3 is 5.97 Å². The molecule has 174 valence electrons. The highest BCUT2D eigenvalue weighted by Crippen LogP contribution is 2.36. The van der Waals surface area contributed by atoms with E-state index in [1.165, 1.54) is 18.3 Å². The fourth-order valence-corrected chi connectivity index (χ4v) is 4.13. The number of esters is 1. The van der Waals surface area contributed by atoms with E-state index < -0.39 is 24.4 Å². The van der Waals surface area contributed by atoms with Crippen molar-refractivity contribution in [3.8, 4) is 5.75 Å². The number of likely N-dealkylation sites (tertiary alicyclic amines) is 1. The van der Waals surface area contributed by atoms with Crippen LogP contribution in [-0.2, 0) is 25.7 Å². The molecule has 0 saturated carbocycles. The summed E-state index contributed by atoms with van der Waals surface area (Å²) >= 11 is 0. The zero-order valence-electron chi connectivity index (χ0n) is 18.4. The molecule has 0 unspecified atom stereocenters. The van der Waals surface area contributed by atoms with Crippen LogP contribution in [-0.4, -0.2) is 42.9 Å². The molecule has 1 N–H and O–H groups in total. The number of anilines is 1. The summed E-state index contributed by atoms with van der Waals surface area (Å²) in [5, 5.41) is 4.50. The molecule has 1 aliphatic rings. The molecule has 1 aliphatic heterocycles. The quantitative estimate of drug-likeness (QED) is 0.417. The molecule has 2 aromatic carbocycles. The van der Waals surface area contributed by atoms with Crippen molar-refractivity contribution in [2.45, 2.75) is 13.0 Å². The Kier molecular flexibility index (Phi) is 5.67. The maximum atomic E-state index is 12.5. The molecule has 0 bridgehead atoms. The van der Waals surface area contributed by atoms with Crippen LogP contribution in [0.5, 0.6) is 5.75 Å². The summed E-state index contributed by atoms with van der Waals surface area (Å²) < 4.78 is 21.7. The summed E-state index contributed by atoms with van der Waals surface area (Å²) in [6.07, 6.45) is 1.57. The summed E-state index contributed by atoms with van der Waals surface area (Å²) in [6.45, 7) is 0.0275. The Labute approximate surface area is 194 Å². The van der Waals surface area contributed by atoms with Crippen LogP contribution in [0.1, 0.15) is 12.2 Å². The molecule has 5 rings (SSSR count). The van der Waals surface area contributed by atoms with Gasteiger partial charge in [0.15, 0.2) is 6.61 Å². The third-order valence-corrected chi connectivity index (χ3v) is 5.79. The number of amides is 2. The van der Waals surface area contributed by atoms with Gasteiger partial charge in [-0.1, -0.05) is 18.2 Å². The van der Waals surface area contributed by atoms with E-state index in [9.17, 15) is 14.4 Å². The zero-order chi connectivity index (χ0) is 23.7. The van der Waals surface area contributed by atoms with E-state index in [1.807, 2.05) is 24.3 Å². The zero-order valence-corrected chi connectivity index (χ0v) is 18.4. The summed E-state index contributed by atoms with van der Waals surface area (Å²) in [5.41, 5.74) is 1.72. The minimum atomic E-state index is -0.628. The lowest BCUT2D eigenvalue weighted by molar-refractivity contribution is -0.151. The molecule has 1 saturated heterocycles. The van der Waals surface area contributed by atoms with Crippen molar-refractivity contribution >= 4 is 45.4 Å². The van der Waals surface area contributed by atoms with Crippen molar-refractivity contribution in [1.82, 2.24) is 4.90 Å². The normalized spacial score (nSPS) is 15.7. The monoisotopic (exact) mass is 462 g/mol. The highest BCUT2D eigenvalue weighted by Gasteiger charge is 2.36. The summed E-state index contributed by atoms with van der Waals surface area (Å²) in [5.74, 6) is -0.821. The first kappa shape index (κ1) is 21.6. The van der Waals surface area contributed by atoms with Crippen LogP contribution in [0.3, 0.4) is 0 Å². The van der Waals surface area contributed by atoms with Crippen LogP contribution in [0.4, 0.5) is 5.69 Å². The van der Waals surface area contributed by atoms with Gasteiger partial charge in [-0.05, 0) is 24.3 Å². The predicted octanol–water partition coefficient (Wildman–Crippen LogP) is 3.72. The predicted molar refractivity (Wildman–Crippen MR) is 122 cm³/mol. The summed E-state index contributed by atoms with van der Waals surface area (Å²) in [4.78, 5) is 38.7. The first-order valence-electron chi connectivity index (χ1n) is 10.8. The smallest absolute Gasteiger partial charge is 0.311 e. The molecule has 0 spiro atoms. The molecule has 1 fully saturated rings. The van der Waals surface area contributed by atoms with Crippen LogP contribution < -0.4 is 10.1 Å². The molecule has 1 atom stereocenters. The van der Waals surface area contributed by atoms with Crippen LogP contribution in [0, 0.1) is 5.92 Å². The van der Waals surface area contributed by atoms with Gasteiger partial charge in [0, 0.05) is 29.8 Å². The number of rotatable bonds is 7. The molecule has 2 aromatic heterocycles. The Morgan fingerprint density at radius 3 is 2.76 bits per heavy atom. The molecule has 34 heavy (non-hydrogen) atoms. The maximum Gasteiger partial charge on any atom is 0.311 e. The summed E-state index contributed by atoms with van der Waals surface area (Å²) in [6, 6.07) is 14.6. The lowest BCUT2D eigenvalue weighted by Gasteiger charge is -2.15. The number of fused-ring (bicyclic) bond motifs is 3. The van der Waals surface area contributed by atoms with E-state index in [4.69, 9.17) is 18.3 Å². The minimum Gasteiger partial charge on any atom is -0.495 e. The molecule has 4 aromatic rings. The number of carbonyl (C=O) groups is 3. The third kappa shape index (κ3) is 4.19. The van der Waals surface area contributed by atoms with Crippen molar-refractivity contribution in [1.29, 1.82) is 0 Å². The molecule has 2 amide bonds. The van der Waals surface area contributed by atoms with Gasteiger partial charge in [0.2, 0.25) is 5.91 Å². The highest BCUT2D eigenvalue weighted by molar-refractivity contribution is 6.08. The second kappa shape index (κ2) is 8.93. The fraction of sp³-hybridized carbons (Fsp3) is 0.240. The minimum absolute atomic E-state index is 0.0394. The Morgan fingerprint density at radius 2 is 1.97 bits per heavy atom. The number of para-hydroxylation sites is 1. The van der Waals surface area contributed by atoms with Crippen molar-refractivity contribution in [3.05, 3.63) is 60.6 Å². The molecule has 3 heterocycles. The molecule has 0 radical (unpaired) electrons. The lowest BCUT2D eigenvalue weighted by Crippen LogP contribution is -2.28. The first-order chi connectivity index (χ1) is 16.5. The van der Waals surface area contributed by atoms with Gasteiger partial charge in [-0.2, -0.15) is 0 Å². The molecule has 0 aliphatic carbocycles. The van der Waals surface area contributed by atoms with E-state index in [-0.39, 0.29) is 18.9 Å². The highest BCUT2D eigenvalue weighted by atomic mass is 16.5. The number of carbonyl (C=O) groups excluding carboxylic acids is 3. The lowest BCUT2D eigenvalue weighted by atomic mass is 10.1. The largest absolute Gasteiger partial charge is 0.495 e. The van der Waals surface area contributed by atoms with Crippen LogP contribution in [0.2, 0.25) is 0 Å². The average molecular weight is 462 g/mol. The number of nitrogens with zero attached hydrogens (tertiary/aromatic N) is 1. The Bertz CT molecular complexity index is 1370. The number of ether oxygens (including phenoxy) is 2. The van der Waals surface area contributed by atoms with Crippen LogP contribution in [0.25, 0.3) is 21.9 Å². The maximum absolute atomic E-state index is 12.5. The first-order valence-corrected chi connectivity index (χ1v) is 10.8. The van der Waals surface area contributed by atoms with E-state index in [0.29, 0.717) is 29.3 Å². The van der Waals surface area contributed by atoms with E-state index in [2.05, 4.69) is 5.32 Å². The van der Waals surface area contributed by atoms with Crippen LogP contribution in [0.15, 0.2) is 63.6 Å². The van der Waals surface area contributed by atoms with Crippen molar-refractivity contribution in [3.63, 3.8) is 0 Å². The van der Waals surface area contributed by atoms with Gasteiger partial charge in [-0.15, -0.1) is 0 Å². The number of hydrogen-bond donors (Lipinski definition) is 1. The van der Waals surface area contributed by atoms with Gasteiger partial charge in [-0.25, -0.2) is 0 Å². The fourth-order valence-electron chi connectivity index (χ4n) is 4.13. The third-order valence-electron chi connectivity index (χ3n) is 5.79. The van der Waals surface area contributed by atoms with E-state index in [1.54, 1.807) is 24.3 Å². The average Bonchev–Trinajstić information content (AvgIpc) is 3.56. The van der Waals surface area contributed by atoms with Gasteiger partial charge in [0.1, 0.15) is 22.7 Å². The number of benzene rings is 2. The van der Waals surface area contributed by atoms with Crippen LogP contribution >= 0.6 is 0 Å². The van der Waals surface area contributed by atoms with Crippen molar-refractivity contribution < 1.29 is 32.7 Å². The molecular formula is C25H22N2O7. The molecule has 9 heteroatoms. The van der Waals surface area contributed by atoms with Gasteiger partial charge in [0.05, 0.1) is 31.5 Å². The van der Waals surface area contributed by atoms with E-state index in [0.717, 1.165) is 16.4 Å². The van der Waals surface area contributed by atoms with E-state index >= 15 is 0 Å². The van der Waals surface area contributed by atoms with Gasteiger partial charge in [0.25, 0.3) is 5.91 Å². The SMILES string of the molecule is COc1cc2c(cc1NC(=O)COC(=O)[C@H]1CC(=O)N(Cc3ccco3)C1)oc1ccccc12. The second-order valence-electron chi connectivity index (χ2n) is 8.06. The molecule has 9 nitrogen and oxygen atoms in total. The standard InChI is InChI=1S/C25H22N2O7/c1-31-22-10-18-17-6-2-3-7-20(17)34-21(18)11-19(22)26-23(28)14-33-25(30)15-9-24(29)27(12-15)13-16-5-4-8-32-16/h2-8,10-11,15H,9,12-14H2,1H3,(H,26,28)/t15-/m0/s1. The van der Waals surface area contributed by atoms with Gasteiger partial charge < -0.3 is 28.5 Å². The Morgan fingerprint density at radius 1 is 1.12 bits per heavy atom. The molecular weight excluding hydrogens is 440 g/mol. The Hall–Kier alpha value is -4.27. The number of methoxy groups -OCH3 is 1. The summed E-state index contributed by atoms with van der Waals surface area (Å²) in [7, 11) is 1.50. The number of nitrogens with one attached hydrogen (secondary N) is 1. The second-order valence-corrected chi connectivity index (χ2v) is 8.06.